The third kappa shape index (κ3) is 8.23. The van der Waals surface area contributed by atoms with E-state index < -0.39 is 6.61 Å². The zero-order valence-electron chi connectivity index (χ0n) is 15.4. The van der Waals surface area contributed by atoms with Gasteiger partial charge in [0.05, 0.1) is 0 Å². The molecule has 27 heavy (non-hydrogen) atoms. The first-order valence-electron chi connectivity index (χ1n) is 9.38. The maximum atomic E-state index is 12.1. The number of urea groups is 1. The molecule has 2 rings (SSSR count). The standard InChI is InChI=1S/C19H27F2N3O3/c20-18(21)27-16-8-6-15(7-9-16)10-12-23-19(26)22-11-4-14-24-13-3-1-2-5-17(24)25/h6-9,18H,1-5,10-14H2,(H2,22,23,26). The molecule has 1 aliphatic rings. The van der Waals surface area contributed by atoms with Gasteiger partial charge in [-0.05, 0) is 43.4 Å². The van der Waals surface area contributed by atoms with Crippen LogP contribution in [0, 0.1) is 0 Å². The molecule has 0 spiro atoms. The minimum Gasteiger partial charge on any atom is -0.435 e. The average molecular weight is 383 g/mol. The fourth-order valence-corrected chi connectivity index (χ4v) is 2.97. The molecule has 0 unspecified atom stereocenters. The van der Waals surface area contributed by atoms with Gasteiger partial charge >= 0.3 is 12.6 Å². The molecular formula is C19H27F2N3O3. The lowest BCUT2D eigenvalue weighted by atomic mass is 10.1. The molecule has 1 aliphatic heterocycles. The monoisotopic (exact) mass is 383 g/mol. The molecule has 0 aromatic heterocycles. The Balaban J connectivity index is 1.56. The number of likely N-dealkylation sites (tertiary alicyclic amines) is 1. The molecule has 150 valence electrons. The summed E-state index contributed by atoms with van der Waals surface area (Å²) >= 11 is 0. The Morgan fingerprint density at radius 1 is 1.11 bits per heavy atom. The largest absolute Gasteiger partial charge is 0.435 e. The Hall–Kier alpha value is -2.38. The van der Waals surface area contributed by atoms with E-state index in [4.69, 9.17) is 0 Å². The van der Waals surface area contributed by atoms with Crippen molar-refractivity contribution in [2.24, 2.45) is 0 Å². The molecule has 1 aromatic carbocycles. The van der Waals surface area contributed by atoms with Gasteiger partial charge in [-0.25, -0.2) is 4.79 Å². The number of nitrogens with zero attached hydrogens (tertiary/aromatic N) is 1. The van der Waals surface area contributed by atoms with E-state index in [0.717, 1.165) is 37.8 Å². The summed E-state index contributed by atoms with van der Waals surface area (Å²) in [4.78, 5) is 25.5. The Morgan fingerprint density at radius 2 is 1.85 bits per heavy atom. The quantitative estimate of drug-likeness (QED) is 0.644. The first kappa shape index (κ1) is 20.9. The lowest BCUT2D eigenvalue weighted by Crippen LogP contribution is -2.39. The highest BCUT2D eigenvalue weighted by atomic mass is 19.3. The molecule has 1 fully saturated rings. The fourth-order valence-electron chi connectivity index (χ4n) is 2.97. The number of carbonyl (C=O) groups is 2. The van der Waals surface area contributed by atoms with Crippen LogP contribution in [0.15, 0.2) is 24.3 Å². The van der Waals surface area contributed by atoms with E-state index in [1.165, 1.54) is 12.1 Å². The minimum atomic E-state index is -2.83. The number of halogens is 2. The Kier molecular flexibility index (Phi) is 8.80. The molecule has 1 aromatic rings. The third-order valence-corrected chi connectivity index (χ3v) is 4.41. The highest BCUT2D eigenvalue weighted by Gasteiger charge is 2.15. The van der Waals surface area contributed by atoms with Crippen LogP contribution in [0.25, 0.3) is 0 Å². The molecule has 0 aliphatic carbocycles. The predicted molar refractivity (Wildman–Crippen MR) is 97.8 cm³/mol. The molecule has 0 bridgehead atoms. The summed E-state index contributed by atoms with van der Waals surface area (Å²) in [5, 5.41) is 5.53. The van der Waals surface area contributed by atoms with Crippen molar-refractivity contribution >= 4 is 11.9 Å². The number of rotatable bonds is 9. The van der Waals surface area contributed by atoms with Gasteiger partial charge in [0.15, 0.2) is 0 Å². The fraction of sp³-hybridized carbons (Fsp3) is 0.579. The third-order valence-electron chi connectivity index (χ3n) is 4.41. The van der Waals surface area contributed by atoms with Crippen molar-refractivity contribution in [1.29, 1.82) is 0 Å². The van der Waals surface area contributed by atoms with E-state index in [9.17, 15) is 18.4 Å². The summed E-state index contributed by atoms with van der Waals surface area (Å²) in [5.74, 6) is 0.323. The van der Waals surface area contributed by atoms with Crippen molar-refractivity contribution in [1.82, 2.24) is 15.5 Å². The zero-order chi connectivity index (χ0) is 19.5. The van der Waals surface area contributed by atoms with Crippen LogP contribution < -0.4 is 15.4 Å². The molecule has 1 heterocycles. The second-order valence-corrected chi connectivity index (χ2v) is 6.50. The molecule has 2 N–H and O–H groups in total. The maximum Gasteiger partial charge on any atom is 0.387 e. The molecule has 6 nitrogen and oxygen atoms in total. The van der Waals surface area contributed by atoms with Crippen LogP contribution in [0.1, 0.15) is 37.7 Å². The average Bonchev–Trinajstić information content (AvgIpc) is 2.84. The highest BCUT2D eigenvalue weighted by Crippen LogP contribution is 2.15. The van der Waals surface area contributed by atoms with E-state index in [1.54, 1.807) is 12.1 Å². The van der Waals surface area contributed by atoms with Crippen molar-refractivity contribution in [2.45, 2.75) is 45.1 Å². The molecule has 3 amide bonds. The Labute approximate surface area is 158 Å². The topological polar surface area (TPSA) is 70.7 Å². The Morgan fingerprint density at radius 3 is 2.59 bits per heavy atom. The van der Waals surface area contributed by atoms with Crippen LogP contribution in [-0.4, -0.2) is 49.6 Å². The number of ether oxygens (including phenoxy) is 1. The second-order valence-electron chi connectivity index (χ2n) is 6.50. The van der Waals surface area contributed by atoms with Crippen LogP contribution in [0.4, 0.5) is 13.6 Å². The SMILES string of the molecule is O=C(NCCCN1CCCCCC1=O)NCCc1ccc(OC(F)F)cc1. The van der Waals surface area contributed by atoms with Gasteiger partial charge in [-0.2, -0.15) is 8.78 Å². The smallest absolute Gasteiger partial charge is 0.387 e. The van der Waals surface area contributed by atoms with E-state index in [-0.39, 0.29) is 17.7 Å². The van der Waals surface area contributed by atoms with E-state index in [0.29, 0.717) is 32.5 Å². The van der Waals surface area contributed by atoms with Crippen molar-refractivity contribution in [3.05, 3.63) is 29.8 Å². The number of benzene rings is 1. The first-order valence-corrected chi connectivity index (χ1v) is 9.38. The number of alkyl halides is 2. The molecule has 0 radical (unpaired) electrons. The number of hydrogen-bond acceptors (Lipinski definition) is 3. The number of amides is 3. The zero-order valence-corrected chi connectivity index (χ0v) is 15.4. The summed E-state index contributed by atoms with van der Waals surface area (Å²) in [6, 6.07) is 6.08. The van der Waals surface area contributed by atoms with Crippen LogP contribution in [0.5, 0.6) is 5.75 Å². The van der Waals surface area contributed by atoms with E-state index in [1.807, 2.05) is 4.90 Å². The van der Waals surface area contributed by atoms with Crippen LogP contribution >= 0.6 is 0 Å². The second kappa shape index (κ2) is 11.4. The summed E-state index contributed by atoms with van der Waals surface area (Å²) < 4.78 is 28.5. The highest BCUT2D eigenvalue weighted by molar-refractivity contribution is 5.76. The maximum absolute atomic E-state index is 12.1. The van der Waals surface area contributed by atoms with Crippen LogP contribution in [0.2, 0.25) is 0 Å². The molecule has 0 saturated carbocycles. The number of nitrogens with one attached hydrogen (secondary N) is 2. The van der Waals surface area contributed by atoms with Gasteiger partial charge in [0.1, 0.15) is 5.75 Å². The summed E-state index contributed by atoms with van der Waals surface area (Å²) in [6.07, 6.45) is 5.07. The molecule has 1 saturated heterocycles. The van der Waals surface area contributed by atoms with Crippen LogP contribution in [-0.2, 0) is 11.2 Å². The lowest BCUT2D eigenvalue weighted by Gasteiger charge is -2.20. The van der Waals surface area contributed by atoms with Gasteiger partial charge < -0.3 is 20.3 Å². The first-order chi connectivity index (χ1) is 13.0. The Bertz CT molecular complexity index is 596. The van der Waals surface area contributed by atoms with E-state index >= 15 is 0 Å². The number of hydrogen-bond donors (Lipinski definition) is 2. The summed E-state index contributed by atoms with van der Waals surface area (Å²) in [7, 11) is 0. The molecular weight excluding hydrogens is 356 g/mol. The lowest BCUT2D eigenvalue weighted by molar-refractivity contribution is -0.130. The summed E-state index contributed by atoms with van der Waals surface area (Å²) in [5.41, 5.74) is 0.914. The van der Waals surface area contributed by atoms with Gasteiger partial charge in [0.2, 0.25) is 5.91 Å². The molecule has 8 heteroatoms. The van der Waals surface area contributed by atoms with Crippen molar-refractivity contribution in [3.63, 3.8) is 0 Å². The van der Waals surface area contributed by atoms with E-state index in [2.05, 4.69) is 15.4 Å². The minimum absolute atomic E-state index is 0.113. The van der Waals surface area contributed by atoms with Gasteiger partial charge in [0, 0.05) is 32.6 Å². The van der Waals surface area contributed by atoms with Gasteiger partial charge in [-0.1, -0.05) is 18.6 Å². The van der Waals surface area contributed by atoms with Crippen molar-refractivity contribution < 1.29 is 23.1 Å². The normalized spacial score (nSPS) is 14.8. The van der Waals surface area contributed by atoms with Gasteiger partial charge in [-0.3, -0.25) is 4.79 Å². The van der Waals surface area contributed by atoms with Crippen molar-refractivity contribution in [2.75, 3.05) is 26.2 Å². The van der Waals surface area contributed by atoms with Gasteiger partial charge in [0.25, 0.3) is 0 Å². The van der Waals surface area contributed by atoms with Crippen LogP contribution in [0.3, 0.4) is 0 Å². The van der Waals surface area contributed by atoms with Crippen molar-refractivity contribution in [3.8, 4) is 5.75 Å². The predicted octanol–water partition coefficient (Wildman–Crippen LogP) is 2.92. The number of carbonyl (C=O) groups excluding carboxylic acids is 2. The van der Waals surface area contributed by atoms with Gasteiger partial charge in [-0.15, -0.1) is 0 Å². The summed E-state index contributed by atoms with van der Waals surface area (Å²) in [6.45, 7) is -0.405. The molecule has 0 atom stereocenters.